The second-order valence-corrected chi connectivity index (χ2v) is 7.01. The van der Waals surface area contributed by atoms with E-state index >= 15 is 0 Å². The van der Waals surface area contributed by atoms with Crippen LogP contribution in [0.2, 0.25) is 0 Å². The second-order valence-electron chi connectivity index (χ2n) is 4.75. The number of benzene rings is 2. The Morgan fingerprint density at radius 2 is 1.58 bits per heavy atom. The zero-order valence-electron chi connectivity index (χ0n) is 10.3. The minimum absolute atomic E-state index is 0.0117. The van der Waals surface area contributed by atoms with Crippen LogP contribution < -0.4 is 4.90 Å². The third kappa shape index (κ3) is 2.37. The van der Waals surface area contributed by atoms with E-state index in [1.807, 2.05) is 29.2 Å². The van der Waals surface area contributed by atoms with Crippen LogP contribution in [0.3, 0.4) is 0 Å². The van der Waals surface area contributed by atoms with Gasteiger partial charge in [0, 0.05) is 10.2 Å². The minimum atomic E-state index is -0.858. The molecule has 1 atom stereocenters. The highest BCUT2D eigenvalue weighted by Crippen LogP contribution is 2.61. The van der Waals surface area contributed by atoms with Crippen molar-refractivity contribution < 1.29 is 0 Å². The number of alkyl halides is 2. The van der Waals surface area contributed by atoms with E-state index in [4.69, 9.17) is 23.2 Å². The summed E-state index contributed by atoms with van der Waals surface area (Å²) in [5, 5.41) is 0. The summed E-state index contributed by atoms with van der Waals surface area (Å²) in [6.45, 7) is 2.07. The Morgan fingerprint density at radius 3 is 2.16 bits per heavy atom. The number of rotatable bonds is 2. The van der Waals surface area contributed by atoms with E-state index in [0.29, 0.717) is 0 Å². The van der Waals surface area contributed by atoms with Crippen molar-refractivity contribution in [2.45, 2.75) is 17.4 Å². The molecule has 0 radical (unpaired) electrons. The van der Waals surface area contributed by atoms with Gasteiger partial charge in [0.2, 0.25) is 4.46 Å². The van der Waals surface area contributed by atoms with Gasteiger partial charge in [-0.05, 0) is 36.8 Å². The highest BCUT2D eigenvalue weighted by molar-refractivity contribution is 9.10. The smallest absolute Gasteiger partial charge is 0.215 e. The van der Waals surface area contributed by atoms with Crippen LogP contribution in [-0.2, 0) is 0 Å². The van der Waals surface area contributed by atoms with Crippen LogP contribution in [0.4, 0.5) is 5.69 Å². The van der Waals surface area contributed by atoms with Gasteiger partial charge in [-0.15, -0.1) is 0 Å². The van der Waals surface area contributed by atoms with Gasteiger partial charge in [-0.2, -0.15) is 0 Å². The fraction of sp³-hybridized carbons (Fsp3) is 0.200. The summed E-state index contributed by atoms with van der Waals surface area (Å²) in [5.41, 5.74) is 3.40. The zero-order valence-corrected chi connectivity index (χ0v) is 13.4. The van der Waals surface area contributed by atoms with Crippen molar-refractivity contribution in [3.05, 3.63) is 64.1 Å². The average Bonchev–Trinajstić information content (AvgIpc) is 2.94. The van der Waals surface area contributed by atoms with E-state index < -0.39 is 4.46 Å². The molecule has 1 unspecified atom stereocenters. The first-order valence-corrected chi connectivity index (χ1v) is 7.54. The van der Waals surface area contributed by atoms with Crippen LogP contribution in [0.25, 0.3) is 0 Å². The SMILES string of the molecule is Cc1ccc(C2N(c3ccc(Br)cc3)C2(Cl)Cl)cc1. The minimum Gasteiger partial charge on any atom is -0.326 e. The van der Waals surface area contributed by atoms with E-state index in [1.54, 1.807) is 0 Å². The zero-order chi connectivity index (χ0) is 13.6. The van der Waals surface area contributed by atoms with Crippen molar-refractivity contribution in [1.82, 2.24) is 0 Å². The van der Waals surface area contributed by atoms with Gasteiger partial charge in [0.1, 0.15) is 6.04 Å². The van der Waals surface area contributed by atoms with Crippen LogP contribution >= 0.6 is 39.1 Å². The molecule has 1 nitrogen and oxygen atoms in total. The van der Waals surface area contributed by atoms with Crippen LogP contribution in [0.1, 0.15) is 17.2 Å². The molecule has 0 spiro atoms. The van der Waals surface area contributed by atoms with Gasteiger partial charge >= 0.3 is 0 Å². The lowest BCUT2D eigenvalue weighted by molar-refractivity contribution is 1.09. The van der Waals surface area contributed by atoms with E-state index in [2.05, 4.69) is 47.1 Å². The molecule has 0 aromatic heterocycles. The number of nitrogens with zero attached hydrogens (tertiary/aromatic N) is 1. The van der Waals surface area contributed by atoms with Gasteiger partial charge in [0.15, 0.2) is 0 Å². The summed E-state index contributed by atoms with van der Waals surface area (Å²) in [7, 11) is 0. The monoisotopic (exact) mass is 355 g/mol. The molecule has 0 N–H and O–H groups in total. The van der Waals surface area contributed by atoms with Crippen molar-refractivity contribution >= 4 is 44.8 Å². The highest BCUT2D eigenvalue weighted by atomic mass is 79.9. The largest absolute Gasteiger partial charge is 0.326 e. The van der Waals surface area contributed by atoms with Gasteiger partial charge < -0.3 is 4.90 Å². The Kier molecular flexibility index (Phi) is 3.28. The molecule has 3 rings (SSSR count). The topological polar surface area (TPSA) is 3.01 Å². The molecule has 0 saturated carbocycles. The first-order valence-electron chi connectivity index (χ1n) is 5.99. The molecule has 1 saturated heterocycles. The van der Waals surface area contributed by atoms with E-state index in [1.165, 1.54) is 5.56 Å². The molecule has 1 aliphatic rings. The molecule has 0 bridgehead atoms. The van der Waals surface area contributed by atoms with Gasteiger partial charge in [-0.1, -0.05) is 69.0 Å². The average molecular weight is 357 g/mol. The first kappa shape index (κ1) is 13.3. The highest BCUT2D eigenvalue weighted by Gasteiger charge is 2.62. The van der Waals surface area contributed by atoms with Gasteiger partial charge in [-0.25, -0.2) is 0 Å². The van der Waals surface area contributed by atoms with Gasteiger partial charge in [0.25, 0.3) is 0 Å². The van der Waals surface area contributed by atoms with Crippen LogP contribution in [0, 0.1) is 6.92 Å². The Bertz CT molecular complexity index is 539. The molecule has 1 heterocycles. The van der Waals surface area contributed by atoms with Crippen molar-refractivity contribution in [3.8, 4) is 0 Å². The fourth-order valence-electron chi connectivity index (χ4n) is 2.27. The van der Waals surface area contributed by atoms with Crippen LogP contribution in [-0.4, -0.2) is 4.46 Å². The van der Waals surface area contributed by atoms with Crippen molar-refractivity contribution in [2.75, 3.05) is 4.90 Å². The lowest BCUT2D eigenvalue weighted by Crippen LogP contribution is -2.00. The quantitative estimate of drug-likeness (QED) is 0.392. The van der Waals surface area contributed by atoms with Gasteiger partial charge in [-0.3, -0.25) is 0 Å². The number of anilines is 1. The molecule has 4 heteroatoms. The summed E-state index contributed by atoms with van der Waals surface area (Å²) >= 11 is 16.2. The first-order chi connectivity index (χ1) is 9.00. The molecule has 19 heavy (non-hydrogen) atoms. The molecule has 2 aromatic rings. The Morgan fingerprint density at radius 1 is 1.00 bits per heavy atom. The van der Waals surface area contributed by atoms with Crippen LogP contribution in [0.5, 0.6) is 0 Å². The summed E-state index contributed by atoms with van der Waals surface area (Å²) < 4.78 is 0.183. The maximum atomic E-state index is 6.40. The maximum absolute atomic E-state index is 6.40. The predicted octanol–water partition coefficient (Wildman–Crippen LogP) is 5.45. The van der Waals surface area contributed by atoms with E-state index in [0.717, 1.165) is 15.7 Å². The number of hydrogen-bond donors (Lipinski definition) is 0. The lowest BCUT2D eigenvalue weighted by atomic mass is 10.1. The molecule has 0 aliphatic carbocycles. The normalized spacial score (nSPS) is 20.4. The van der Waals surface area contributed by atoms with Gasteiger partial charge in [0.05, 0.1) is 0 Å². The van der Waals surface area contributed by atoms with E-state index in [-0.39, 0.29) is 6.04 Å². The summed E-state index contributed by atoms with van der Waals surface area (Å²) in [6.07, 6.45) is 0. The maximum Gasteiger partial charge on any atom is 0.215 e. The lowest BCUT2D eigenvalue weighted by Gasteiger charge is -2.06. The van der Waals surface area contributed by atoms with Crippen LogP contribution in [0.15, 0.2) is 53.0 Å². The molecule has 2 aromatic carbocycles. The molecule has 1 aliphatic heterocycles. The molecule has 98 valence electrons. The van der Waals surface area contributed by atoms with Crippen molar-refractivity contribution in [3.63, 3.8) is 0 Å². The Hall–Kier alpha value is -0.700. The number of halogens is 3. The van der Waals surface area contributed by atoms with Crippen molar-refractivity contribution in [2.24, 2.45) is 0 Å². The number of hydrogen-bond acceptors (Lipinski definition) is 1. The molecular formula is C15H12BrCl2N. The summed E-state index contributed by atoms with van der Waals surface area (Å²) in [5.74, 6) is 0. The molecule has 0 amide bonds. The summed E-state index contributed by atoms with van der Waals surface area (Å²) in [6, 6.07) is 16.3. The third-order valence-electron chi connectivity index (χ3n) is 3.34. The predicted molar refractivity (Wildman–Crippen MR) is 85.0 cm³/mol. The molecule has 1 fully saturated rings. The van der Waals surface area contributed by atoms with E-state index in [9.17, 15) is 0 Å². The Balaban J connectivity index is 1.92. The Labute approximate surface area is 131 Å². The summed E-state index contributed by atoms with van der Waals surface area (Å²) in [4.78, 5) is 2.01. The molecular weight excluding hydrogens is 345 g/mol. The standard InChI is InChI=1S/C15H12BrCl2N/c1-10-2-4-11(5-3-10)14-15(17,18)19(14)13-8-6-12(16)7-9-13/h2-9,14H,1H3. The fourth-order valence-corrected chi connectivity index (χ4v) is 3.27. The second kappa shape index (κ2) is 4.69. The number of aryl methyl sites for hydroxylation is 1. The third-order valence-corrected chi connectivity index (χ3v) is 4.64. The van der Waals surface area contributed by atoms with Crippen molar-refractivity contribution in [1.29, 1.82) is 0 Å².